The number of rotatable bonds is 4. The lowest BCUT2D eigenvalue weighted by atomic mass is 9.81. The lowest BCUT2D eigenvalue weighted by molar-refractivity contribution is -0.183. The predicted octanol–water partition coefficient (Wildman–Crippen LogP) is 4.76. The summed E-state index contributed by atoms with van der Waals surface area (Å²) in [5.74, 6) is -0.0543. The van der Waals surface area contributed by atoms with Gasteiger partial charge < -0.3 is 4.57 Å². The number of nitrogens with zero attached hydrogens (tertiary/aromatic N) is 4. The van der Waals surface area contributed by atoms with Crippen molar-refractivity contribution in [2.24, 2.45) is 11.8 Å². The van der Waals surface area contributed by atoms with Crippen molar-refractivity contribution in [2.75, 3.05) is 6.61 Å². The molecule has 0 unspecified atom stereocenters. The van der Waals surface area contributed by atoms with Gasteiger partial charge in [-0.05, 0) is 67.5 Å². The summed E-state index contributed by atoms with van der Waals surface area (Å²) in [5, 5.41) is 11.8. The van der Waals surface area contributed by atoms with Gasteiger partial charge in [-0.15, -0.1) is 0 Å². The molecule has 2 aliphatic rings. The maximum atomic E-state index is 13.9. The van der Waals surface area contributed by atoms with Crippen molar-refractivity contribution in [3.8, 4) is 6.07 Å². The number of aromatic nitrogens is 2. The van der Waals surface area contributed by atoms with Crippen LogP contribution < -0.4 is 0 Å². The Bertz CT molecular complexity index is 1180. The van der Waals surface area contributed by atoms with E-state index in [4.69, 9.17) is 10.1 Å². The topological polar surface area (TPSA) is 71.2 Å². The van der Waals surface area contributed by atoms with E-state index in [1.807, 2.05) is 24.5 Å². The molecule has 3 heterocycles. The van der Waals surface area contributed by atoms with Gasteiger partial charge in [-0.3, -0.25) is 14.6 Å². The normalized spacial score (nSPS) is 23.4. The van der Waals surface area contributed by atoms with Gasteiger partial charge in [0.25, 0.3) is 0 Å². The maximum Gasteiger partial charge on any atom is 0.249 e. The smallest absolute Gasteiger partial charge is 0.249 e. The summed E-state index contributed by atoms with van der Waals surface area (Å²) in [4.78, 5) is 23.2. The number of amides is 1. The SMILES string of the molecule is N#Cc1cc(F)cc([C@@H]2CCON2C(=O)C2CCC(Cn3ccc4ccncc43)CC2)c1. The van der Waals surface area contributed by atoms with Crippen LogP contribution in [0.1, 0.15) is 49.3 Å². The average Bonchev–Trinajstić information content (AvgIpc) is 3.46. The molecule has 7 heteroatoms. The van der Waals surface area contributed by atoms with Crippen LogP contribution in [0.5, 0.6) is 0 Å². The van der Waals surface area contributed by atoms with E-state index < -0.39 is 5.82 Å². The molecule has 32 heavy (non-hydrogen) atoms. The van der Waals surface area contributed by atoms with Crippen molar-refractivity contribution < 1.29 is 14.0 Å². The second-order valence-corrected chi connectivity index (χ2v) is 8.81. The first kappa shape index (κ1) is 20.7. The number of pyridine rings is 1. The van der Waals surface area contributed by atoms with Crippen LogP contribution >= 0.6 is 0 Å². The van der Waals surface area contributed by atoms with Crippen molar-refractivity contribution in [3.63, 3.8) is 0 Å². The Labute approximate surface area is 186 Å². The first-order valence-corrected chi connectivity index (χ1v) is 11.2. The van der Waals surface area contributed by atoms with Gasteiger partial charge in [0.05, 0.1) is 36.0 Å². The van der Waals surface area contributed by atoms with E-state index in [9.17, 15) is 9.18 Å². The number of halogens is 1. The average molecular weight is 432 g/mol. The number of hydroxylamine groups is 2. The summed E-state index contributed by atoms with van der Waals surface area (Å²) < 4.78 is 16.2. The minimum atomic E-state index is -0.466. The molecule has 0 radical (unpaired) electrons. The number of hydrogen-bond donors (Lipinski definition) is 0. The van der Waals surface area contributed by atoms with Crippen LogP contribution in [-0.2, 0) is 16.2 Å². The zero-order chi connectivity index (χ0) is 22.1. The molecule has 1 aliphatic carbocycles. The van der Waals surface area contributed by atoms with Crippen LogP contribution in [0, 0.1) is 29.0 Å². The molecule has 1 amide bonds. The Morgan fingerprint density at radius 3 is 2.84 bits per heavy atom. The minimum Gasteiger partial charge on any atom is -0.346 e. The number of carbonyl (C=O) groups is 1. The highest BCUT2D eigenvalue weighted by molar-refractivity contribution is 5.79. The molecule has 1 saturated heterocycles. The van der Waals surface area contributed by atoms with E-state index >= 15 is 0 Å². The summed E-state index contributed by atoms with van der Waals surface area (Å²) >= 11 is 0. The molecule has 2 aromatic heterocycles. The Kier molecular flexibility index (Phi) is 5.62. The number of fused-ring (bicyclic) bond motifs is 1. The molecule has 164 valence electrons. The summed E-state index contributed by atoms with van der Waals surface area (Å²) in [7, 11) is 0. The van der Waals surface area contributed by atoms with Crippen LogP contribution in [0.3, 0.4) is 0 Å². The third-order valence-electron chi connectivity index (χ3n) is 6.78. The molecule has 6 nitrogen and oxygen atoms in total. The van der Waals surface area contributed by atoms with Crippen molar-refractivity contribution in [1.29, 1.82) is 5.26 Å². The predicted molar refractivity (Wildman–Crippen MR) is 116 cm³/mol. The fourth-order valence-electron chi connectivity index (χ4n) is 5.10. The van der Waals surface area contributed by atoms with Gasteiger partial charge in [0, 0.05) is 36.7 Å². The van der Waals surface area contributed by atoms with E-state index in [1.165, 1.54) is 22.6 Å². The Morgan fingerprint density at radius 1 is 1.19 bits per heavy atom. The van der Waals surface area contributed by atoms with Crippen molar-refractivity contribution in [2.45, 2.75) is 44.7 Å². The Hall–Kier alpha value is -3.24. The molecule has 1 atom stereocenters. The summed E-state index contributed by atoms with van der Waals surface area (Å²) in [6, 6.07) is 10.0. The van der Waals surface area contributed by atoms with Gasteiger partial charge >= 0.3 is 0 Å². The highest BCUT2D eigenvalue weighted by Crippen LogP contribution is 2.37. The van der Waals surface area contributed by atoms with Gasteiger partial charge in [-0.2, -0.15) is 5.26 Å². The zero-order valence-electron chi connectivity index (χ0n) is 17.8. The van der Waals surface area contributed by atoms with Gasteiger partial charge in [-0.1, -0.05) is 0 Å². The summed E-state index contributed by atoms with van der Waals surface area (Å²) in [5.41, 5.74) is 2.02. The molecule has 2 fully saturated rings. The van der Waals surface area contributed by atoms with Crippen molar-refractivity contribution in [1.82, 2.24) is 14.6 Å². The van der Waals surface area contributed by atoms with E-state index in [-0.39, 0.29) is 23.4 Å². The van der Waals surface area contributed by atoms with Gasteiger partial charge in [-0.25, -0.2) is 9.45 Å². The number of nitriles is 1. The maximum absolute atomic E-state index is 13.9. The number of carbonyl (C=O) groups excluding carboxylic acids is 1. The fraction of sp³-hybridized carbons (Fsp3) is 0.400. The molecule has 0 N–H and O–H groups in total. The van der Waals surface area contributed by atoms with Crippen LogP contribution in [0.2, 0.25) is 0 Å². The first-order valence-electron chi connectivity index (χ1n) is 11.2. The van der Waals surface area contributed by atoms with Crippen molar-refractivity contribution in [3.05, 3.63) is 65.9 Å². The van der Waals surface area contributed by atoms with Crippen LogP contribution in [0.4, 0.5) is 4.39 Å². The molecule has 1 aromatic carbocycles. The molecule has 1 saturated carbocycles. The second kappa shape index (κ2) is 8.71. The van der Waals surface area contributed by atoms with Crippen LogP contribution in [0.25, 0.3) is 10.9 Å². The molecule has 0 bridgehead atoms. The lowest BCUT2D eigenvalue weighted by Crippen LogP contribution is -2.37. The lowest BCUT2D eigenvalue weighted by Gasteiger charge is -2.32. The molecule has 1 aliphatic heterocycles. The third-order valence-corrected chi connectivity index (χ3v) is 6.78. The Morgan fingerprint density at radius 2 is 2.03 bits per heavy atom. The highest BCUT2D eigenvalue weighted by atomic mass is 19.1. The molecule has 3 aromatic rings. The Balaban J connectivity index is 1.23. The van der Waals surface area contributed by atoms with E-state index in [0.717, 1.165) is 37.7 Å². The molecule has 5 rings (SSSR count). The van der Waals surface area contributed by atoms with E-state index in [0.29, 0.717) is 24.5 Å². The summed E-state index contributed by atoms with van der Waals surface area (Å²) in [6.07, 6.45) is 10.0. The van der Waals surface area contributed by atoms with Crippen LogP contribution in [-0.4, -0.2) is 27.1 Å². The third kappa shape index (κ3) is 3.98. The standard InChI is InChI=1S/C25H25FN4O2/c26-22-12-18(14-27)11-21(13-22)23-7-10-32-30(23)25(31)20-3-1-17(2-4-20)16-29-9-6-19-5-8-28-15-24(19)29/h5-6,8-9,11-13,15,17,20,23H,1-4,7,10,16H2/t17?,20?,23-/m0/s1. The molecular weight excluding hydrogens is 407 g/mol. The highest BCUT2D eigenvalue weighted by Gasteiger charge is 2.37. The zero-order valence-corrected chi connectivity index (χ0v) is 17.8. The number of benzene rings is 1. The van der Waals surface area contributed by atoms with Crippen molar-refractivity contribution >= 4 is 16.8 Å². The monoisotopic (exact) mass is 432 g/mol. The quantitative estimate of drug-likeness (QED) is 0.596. The first-order chi connectivity index (χ1) is 15.6. The summed E-state index contributed by atoms with van der Waals surface area (Å²) in [6.45, 7) is 1.35. The van der Waals surface area contributed by atoms with Gasteiger partial charge in [0.1, 0.15) is 5.82 Å². The second-order valence-electron chi connectivity index (χ2n) is 8.81. The number of hydrogen-bond acceptors (Lipinski definition) is 4. The van der Waals surface area contributed by atoms with E-state index in [2.05, 4.69) is 21.8 Å². The van der Waals surface area contributed by atoms with Crippen LogP contribution in [0.15, 0.2) is 48.9 Å². The fourth-order valence-corrected chi connectivity index (χ4v) is 5.10. The molecular formula is C25H25FN4O2. The minimum absolute atomic E-state index is 0.0238. The van der Waals surface area contributed by atoms with E-state index in [1.54, 1.807) is 6.07 Å². The van der Waals surface area contributed by atoms with Gasteiger partial charge in [0.2, 0.25) is 5.91 Å². The largest absolute Gasteiger partial charge is 0.346 e. The van der Waals surface area contributed by atoms with Gasteiger partial charge in [0.15, 0.2) is 0 Å². The molecule has 0 spiro atoms.